The highest BCUT2D eigenvalue weighted by Crippen LogP contribution is 2.27. The number of hydrogen-bond donors (Lipinski definition) is 3. The first kappa shape index (κ1) is 18.5. The van der Waals surface area contributed by atoms with Gasteiger partial charge in [0.15, 0.2) is 0 Å². The smallest absolute Gasteiger partial charge is 0.304 e. The van der Waals surface area contributed by atoms with Gasteiger partial charge < -0.3 is 20.5 Å². The van der Waals surface area contributed by atoms with Crippen LogP contribution in [0.5, 0.6) is 5.75 Å². The van der Waals surface area contributed by atoms with Gasteiger partial charge in [0, 0.05) is 6.54 Å². The lowest BCUT2D eigenvalue weighted by molar-refractivity contribution is -0.140. The molecule has 1 saturated heterocycles. The maximum absolute atomic E-state index is 11.8. The first-order valence-electron chi connectivity index (χ1n) is 9.66. The first-order chi connectivity index (χ1) is 13.6. The molecule has 4 rings (SSSR count). The van der Waals surface area contributed by atoms with Gasteiger partial charge in [-0.2, -0.15) is 0 Å². The molecular formula is C22H24N2O4. The summed E-state index contributed by atoms with van der Waals surface area (Å²) in [6.45, 7) is 2.30. The zero-order valence-electron chi connectivity index (χ0n) is 15.6. The summed E-state index contributed by atoms with van der Waals surface area (Å²) in [7, 11) is 0. The second kappa shape index (κ2) is 8.02. The molecule has 0 unspecified atom stereocenters. The summed E-state index contributed by atoms with van der Waals surface area (Å²) in [5.41, 5.74) is 5.12. The Morgan fingerprint density at radius 2 is 1.89 bits per heavy atom. The van der Waals surface area contributed by atoms with Crippen molar-refractivity contribution in [2.75, 3.05) is 13.2 Å². The molecule has 6 heteroatoms. The summed E-state index contributed by atoms with van der Waals surface area (Å²) in [6.07, 6.45) is 1.42. The molecule has 2 aliphatic heterocycles. The fourth-order valence-electron chi connectivity index (χ4n) is 3.92. The van der Waals surface area contributed by atoms with Crippen molar-refractivity contribution < 1.29 is 19.4 Å². The molecule has 0 aromatic heterocycles. The van der Waals surface area contributed by atoms with Crippen LogP contribution in [0.3, 0.4) is 0 Å². The Hall–Kier alpha value is -2.86. The van der Waals surface area contributed by atoms with Crippen LogP contribution in [0.2, 0.25) is 0 Å². The van der Waals surface area contributed by atoms with Crippen LogP contribution in [0.4, 0.5) is 0 Å². The highest BCUT2D eigenvalue weighted by atomic mass is 16.5. The Labute approximate surface area is 163 Å². The van der Waals surface area contributed by atoms with E-state index in [1.807, 2.05) is 24.3 Å². The van der Waals surface area contributed by atoms with Crippen LogP contribution < -0.4 is 15.4 Å². The fourth-order valence-corrected chi connectivity index (χ4v) is 3.92. The molecule has 6 nitrogen and oxygen atoms in total. The number of carboxylic acid groups (broad SMARTS) is 1. The number of amides is 1. The van der Waals surface area contributed by atoms with E-state index in [1.165, 1.54) is 16.7 Å². The zero-order valence-corrected chi connectivity index (χ0v) is 15.6. The van der Waals surface area contributed by atoms with Crippen LogP contribution in [0.15, 0.2) is 42.5 Å². The molecule has 0 spiro atoms. The lowest BCUT2D eigenvalue weighted by Crippen LogP contribution is -2.31. The highest BCUT2D eigenvalue weighted by Gasteiger charge is 2.33. The molecule has 146 valence electrons. The number of hydrogen-bond acceptors (Lipinski definition) is 4. The Balaban J connectivity index is 1.35. The highest BCUT2D eigenvalue weighted by molar-refractivity contribution is 5.85. The molecule has 2 aromatic carbocycles. The fraction of sp³-hybridized carbons (Fsp3) is 0.364. The van der Waals surface area contributed by atoms with Gasteiger partial charge in [-0.25, -0.2) is 0 Å². The number of benzene rings is 2. The molecule has 0 saturated carbocycles. The predicted molar refractivity (Wildman–Crippen MR) is 105 cm³/mol. The molecule has 2 aromatic rings. The number of ether oxygens (including phenoxy) is 1. The van der Waals surface area contributed by atoms with Gasteiger partial charge in [-0.1, -0.05) is 30.3 Å². The Morgan fingerprint density at radius 1 is 1.11 bits per heavy atom. The number of rotatable bonds is 6. The molecule has 2 aliphatic rings. The molecule has 1 amide bonds. The van der Waals surface area contributed by atoms with E-state index in [9.17, 15) is 9.59 Å². The van der Waals surface area contributed by atoms with Crippen molar-refractivity contribution in [3.05, 3.63) is 53.6 Å². The van der Waals surface area contributed by atoms with Gasteiger partial charge in [0.2, 0.25) is 5.91 Å². The van der Waals surface area contributed by atoms with E-state index in [1.54, 1.807) is 0 Å². The van der Waals surface area contributed by atoms with Crippen molar-refractivity contribution in [2.45, 2.75) is 31.8 Å². The summed E-state index contributed by atoms with van der Waals surface area (Å²) < 4.78 is 5.80. The van der Waals surface area contributed by atoms with Crippen LogP contribution in [0, 0.1) is 5.92 Å². The molecule has 3 N–H and O–H groups in total. The maximum atomic E-state index is 11.8. The van der Waals surface area contributed by atoms with Gasteiger partial charge in [0.1, 0.15) is 12.4 Å². The number of carbonyl (C=O) groups excluding carboxylic acids is 1. The van der Waals surface area contributed by atoms with Gasteiger partial charge in [-0.3, -0.25) is 9.59 Å². The van der Waals surface area contributed by atoms with E-state index in [-0.39, 0.29) is 18.4 Å². The van der Waals surface area contributed by atoms with Crippen LogP contribution in [-0.2, 0) is 22.6 Å². The van der Waals surface area contributed by atoms with Crippen molar-refractivity contribution in [3.63, 3.8) is 0 Å². The number of nitrogens with one attached hydrogen (secondary N) is 2. The molecule has 2 atom stereocenters. The van der Waals surface area contributed by atoms with Crippen LogP contribution in [0.25, 0.3) is 11.1 Å². The molecule has 2 heterocycles. The second-order valence-electron chi connectivity index (χ2n) is 7.48. The Morgan fingerprint density at radius 3 is 2.68 bits per heavy atom. The van der Waals surface area contributed by atoms with Gasteiger partial charge in [0.05, 0.1) is 18.4 Å². The van der Waals surface area contributed by atoms with E-state index < -0.39 is 11.9 Å². The topological polar surface area (TPSA) is 87.7 Å². The third-order valence-electron chi connectivity index (χ3n) is 5.44. The minimum Gasteiger partial charge on any atom is -0.491 e. The van der Waals surface area contributed by atoms with Gasteiger partial charge in [0.25, 0.3) is 0 Å². The number of carboxylic acids is 1. The predicted octanol–water partition coefficient (Wildman–Crippen LogP) is 2.36. The maximum Gasteiger partial charge on any atom is 0.304 e. The van der Waals surface area contributed by atoms with Crippen molar-refractivity contribution in [2.24, 2.45) is 5.92 Å². The largest absolute Gasteiger partial charge is 0.491 e. The van der Waals surface area contributed by atoms with Crippen molar-refractivity contribution in [3.8, 4) is 16.9 Å². The number of aliphatic carboxylic acids is 1. The average Bonchev–Trinajstić information content (AvgIpc) is 3.05. The quantitative estimate of drug-likeness (QED) is 0.716. The Kier molecular flexibility index (Phi) is 5.30. The summed E-state index contributed by atoms with van der Waals surface area (Å²) >= 11 is 0. The summed E-state index contributed by atoms with van der Waals surface area (Å²) in [4.78, 5) is 22.6. The standard InChI is InChI=1S/C22H24N2O4/c25-21(26)11-18-10-19(24-22(18)27)13-28-20-5-3-14(4-6-20)15-1-2-17-12-23-8-7-16(17)9-15/h1-6,9,18-19,23H,7-8,10-13H2,(H,24,27)(H,25,26)/t18-,19-/m0/s1. The second-order valence-corrected chi connectivity index (χ2v) is 7.48. The zero-order chi connectivity index (χ0) is 19.5. The first-order valence-corrected chi connectivity index (χ1v) is 9.66. The monoisotopic (exact) mass is 380 g/mol. The lowest BCUT2D eigenvalue weighted by atomic mass is 9.95. The molecule has 28 heavy (non-hydrogen) atoms. The van der Waals surface area contributed by atoms with Crippen molar-refractivity contribution in [1.29, 1.82) is 0 Å². The molecule has 1 fully saturated rings. The average molecular weight is 380 g/mol. The molecule has 0 radical (unpaired) electrons. The van der Waals surface area contributed by atoms with Crippen molar-refractivity contribution >= 4 is 11.9 Å². The number of carbonyl (C=O) groups is 2. The van der Waals surface area contributed by atoms with Gasteiger partial charge >= 0.3 is 5.97 Å². The summed E-state index contributed by atoms with van der Waals surface area (Å²) in [5.74, 6) is -0.876. The third kappa shape index (κ3) is 4.17. The summed E-state index contributed by atoms with van der Waals surface area (Å²) in [6, 6.07) is 14.4. The minimum absolute atomic E-state index is 0.131. The summed E-state index contributed by atoms with van der Waals surface area (Å²) in [5, 5.41) is 15.1. The Bertz CT molecular complexity index is 879. The van der Waals surface area contributed by atoms with Crippen LogP contribution >= 0.6 is 0 Å². The van der Waals surface area contributed by atoms with E-state index >= 15 is 0 Å². The third-order valence-corrected chi connectivity index (χ3v) is 5.44. The SMILES string of the molecule is O=C(O)C[C@@H]1C[C@@H](COc2ccc(-c3ccc4c(c3)CCNC4)cc2)NC1=O. The number of fused-ring (bicyclic) bond motifs is 1. The van der Waals surface area contributed by atoms with Crippen LogP contribution in [-0.4, -0.2) is 36.2 Å². The lowest BCUT2D eigenvalue weighted by Gasteiger charge is -2.18. The van der Waals surface area contributed by atoms with E-state index in [0.29, 0.717) is 13.0 Å². The van der Waals surface area contributed by atoms with E-state index in [4.69, 9.17) is 9.84 Å². The van der Waals surface area contributed by atoms with Crippen LogP contribution in [0.1, 0.15) is 24.0 Å². The van der Waals surface area contributed by atoms with Crippen molar-refractivity contribution in [1.82, 2.24) is 10.6 Å². The van der Waals surface area contributed by atoms with E-state index in [0.717, 1.165) is 30.8 Å². The molecule has 0 bridgehead atoms. The molecular weight excluding hydrogens is 356 g/mol. The molecule has 0 aliphatic carbocycles. The normalized spacial score (nSPS) is 21.1. The van der Waals surface area contributed by atoms with Gasteiger partial charge in [-0.15, -0.1) is 0 Å². The van der Waals surface area contributed by atoms with Gasteiger partial charge in [-0.05, 0) is 53.8 Å². The minimum atomic E-state index is -0.948. The van der Waals surface area contributed by atoms with E-state index in [2.05, 4.69) is 28.8 Å².